The number of carbonyl (C=O) groups is 3. The Morgan fingerprint density at radius 1 is 1.14 bits per heavy atom. The minimum atomic E-state index is -1.15. The molecule has 2 amide bonds. The summed E-state index contributed by atoms with van der Waals surface area (Å²) in [4.78, 5) is 44.5. The molecule has 1 atom stereocenters. The zero-order chi connectivity index (χ0) is 26.1. The topological polar surface area (TPSA) is 111 Å². The third-order valence-electron chi connectivity index (χ3n) is 5.16. The van der Waals surface area contributed by atoms with Gasteiger partial charge in [0.15, 0.2) is 0 Å². The average molecular weight is 496 g/mol. The van der Waals surface area contributed by atoms with Gasteiger partial charge in [0, 0.05) is 24.7 Å². The molecule has 0 aliphatic rings. The van der Waals surface area contributed by atoms with Crippen molar-refractivity contribution in [3.8, 4) is 0 Å². The fourth-order valence-corrected chi connectivity index (χ4v) is 3.61. The van der Waals surface area contributed by atoms with Crippen LogP contribution in [0.3, 0.4) is 0 Å². The van der Waals surface area contributed by atoms with Gasteiger partial charge in [-0.25, -0.2) is 4.79 Å². The first-order valence-electron chi connectivity index (χ1n) is 11.9. The van der Waals surface area contributed by atoms with Crippen LogP contribution in [0.4, 0.5) is 4.79 Å². The summed E-state index contributed by atoms with van der Waals surface area (Å²) in [5.41, 5.74) is 1.48. The first-order chi connectivity index (χ1) is 17.1. The number of carbonyl (C=O) groups excluding carboxylic acids is 3. The van der Waals surface area contributed by atoms with E-state index < -0.39 is 29.6 Å². The van der Waals surface area contributed by atoms with Crippen molar-refractivity contribution >= 4 is 28.9 Å². The van der Waals surface area contributed by atoms with E-state index in [1.54, 1.807) is 56.3 Å². The van der Waals surface area contributed by atoms with Crippen LogP contribution in [-0.2, 0) is 32.2 Å². The number of pyridine rings is 1. The van der Waals surface area contributed by atoms with Gasteiger partial charge in [-0.1, -0.05) is 19.1 Å². The zero-order valence-corrected chi connectivity index (χ0v) is 21.2. The Hall–Kier alpha value is -3.88. The van der Waals surface area contributed by atoms with Gasteiger partial charge in [0.2, 0.25) is 5.91 Å². The van der Waals surface area contributed by atoms with Gasteiger partial charge < -0.3 is 24.1 Å². The molecule has 3 aromatic rings. The largest absolute Gasteiger partial charge is 0.464 e. The van der Waals surface area contributed by atoms with Crippen molar-refractivity contribution in [3.63, 3.8) is 0 Å². The van der Waals surface area contributed by atoms with Crippen molar-refractivity contribution in [1.82, 2.24) is 15.2 Å². The second kappa shape index (κ2) is 12.2. The number of alkyl carbamates (subject to hydrolysis) is 1. The molecule has 0 spiro atoms. The summed E-state index contributed by atoms with van der Waals surface area (Å²) in [6.07, 6.45) is 2.79. The fourth-order valence-electron chi connectivity index (χ4n) is 3.61. The lowest BCUT2D eigenvalue weighted by molar-refractivity contribution is -0.148. The number of rotatable bonds is 10. The van der Waals surface area contributed by atoms with Crippen molar-refractivity contribution in [2.24, 2.45) is 0 Å². The Bertz CT molecular complexity index is 1170. The number of aromatic nitrogens is 1. The number of ether oxygens (including phenoxy) is 2. The van der Waals surface area contributed by atoms with E-state index in [9.17, 15) is 14.4 Å². The summed E-state index contributed by atoms with van der Waals surface area (Å²) in [6.45, 7) is 7.84. The summed E-state index contributed by atoms with van der Waals surface area (Å²) < 4.78 is 16.0. The van der Waals surface area contributed by atoms with Gasteiger partial charge in [-0.05, 0) is 63.1 Å². The molecule has 0 aliphatic heterocycles. The van der Waals surface area contributed by atoms with E-state index in [0.29, 0.717) is 25.2 Å². The van der Waals surface area contributed by atoms with E-state index in [1.807, 2.05) is 31.2 Å². The number of esters is 1. The van der Waals surface area contributed by atoms with Crippen LogP contribution in [0.2, 0.25) is 0 Å². The van der Waals surface area contributed by atoms with E-state index in [2.05, 4.69) is 10.3 Å². The third-order valence-corrected chi connectivity index (χ3v) is 5.16. The Labute approximate surface area is 210 Å². The number of nitrogens with zero attached hydrogens (tertiary/aromatic N) is 2. The van der Waals surface area contributed by atoms with Crippen LogP contribution in [-0.4, -0.2) is 46.0 Å². The molecule has 0 fully saturated rings. The van der Waals surface area contributed by atoms with Gasteiger partial charge in [0.1, 0.15) is 23.8 Å². The highest BCUT2D eigenvalue weighted by molar-refractivity contribution is 5.89. The standard InChI is InChI=1S/C27H33N3O6/c1-5-13-30(17-19-9-10-23-20(15-19)11-14-34-23)25(32)22(29-26(33)36-27(2,3)4)16-24(31)35-18-21-8-6-7-12-28-21/h6-12,14-15,22H,5,13,16-18H2,1-4H3,(H,29,33)/t22-/m0/s1. The molecule has 2 heterocycles. The average Bonchev–Trinajstić information content (AvgIpc) is 3.29. The molecule has 1 aromatic carbocycles. The third kappa shape index (κ3) is 8.11. The molecule has 0 radical (unpaired) electrons. The van der Waals surface area contributed by atoms with Crippen LogP contribution in [0.25, 0.3) is 11.0 Å². The molecular weight excluding hydrogens is 462 g/mol. The molecule has 0 saturated heterocycles. The first kappa shape index (κ1) is 26.7. The van der Waals surface area contributed by atoms with Gasteiger partial charge in [0.05, 0.1) is 18.4 Å². The Kier molecular flexibility index (Phi) is 9.05. The number of fused-ring (bicyclic) bond motifs is 1. The molecule has 2 aromatic heterocycles. The number of benzene rings is 1. The number of amides is 2. The van der Waals surface area contributed by atoms with E-state index >= 15 is 0 Å². The van der Waals surface area contributed by atoms with Crippen LogP contribution < -0.4 is 5.32 Å². The molecule has 0 aliphatic carbocycles. The highest BCUT2D eigenvalue weighted by Gasteiger charge is 2.30. The smallest absolute Gasteiger partial charge is 0.408 e. The minimum absolute atomic E-state index is 0.0313. The molecule has 0 bridgehead atoms. The molecule has 9 nitrogen and oxygen atoms in total. The van der Waals surface area contributed by atoms with Crippen molar-refractivity contribution < 1.29 is 28.3 Å². The van der Waals surface area contributed by atoms with Crippen molar-refractivity contribution in [2.75, 3.05) is 6.54 Å². The van der Waals surface area contributed by atoms with Gasteiger partial charge in [-0.15, -0.1) is 0 Å². The maximum atomic E-state index is 13.6. The molecule has 9 heteroatoms. The Morgan fingerprint density at radius 2 is 1.94 bits per heavy atom. The molecule has 192 valence electrons. The molecule has 36 heavy (non-hydrogen) atoms. The monoisotopic (exact) mass is 495 g/mol. The highest BCUT2D eigenvalue weighted by atomic mass is 16.6. The molecule has 1 N–H and O–H groups in total. The summed E-state index contributed by atoms with van der Waals surface area (Å²) >= 11 is 0. The summed E-state index contributed by atoms with van der Waals surface area (Å²) in [6, 6.07) is 11.7. The van der Waals surface area contributed by atoms with Crippen LogP contribution in [0.1, 0.15) is 51.8 Å². The predicted molar refractivity (Wildman–Crippen MR) is 134 cm³/mol. The number of hydrogen-bond donors (Lipinski definition) is 1. The first-order valence-corrected chi connectivity index (χ1v) is 11.9. The van der Waals surface area contributed by atoms with Gasteiger partial charge in [0.25, 0.3) is 0 Å². The Balaban J connectivity index is 1.74. The summed E-state index contributed by atoms with van der Waals surface area (Å²) in [7, 11) is 0. The molecule has 0 saturated carbocycles. The van der Waals surface area contributed by atoms with Crippen molar-refractivity contribution in [1.29, 1.82) is 0 Å². The van der Waals surface area contributed by atoms with Crippen molar-refractivity contribution in [2.45, 2.75) is 65.3 Å². The van der Waals surface area contributed by atoms with Crippen LogP contribution in [0.15, 0.2) is 59.3 Å². The molecular formula is C27H33N3O6. The SMILES string of the molecule is CCCN(Cc1ccc2occc2c1)C(=O)[C@H](CC(=O)OCc1ccccn1)NC(=O)OC(C)(C)C. The van der Waals surface area contributed by atoms with E-state index in [1.165, 1.54) is 0 Å². The normalized spacial score (nSPS) is 12.1. The summed E-state index contributed by atoms with van der Waals surface area (Å²) in [5.74, 6) is -1.03. The fraction of sp³-hybridized carbons (Fsp3) is 0.407. The van der Waals surface area contributed by atoms with Gasteiger partial charge >= 0.3 is 12.1 Å². The lowest BCUT2D eigenvalue weighted by Crippen LogP contribution is -2.50. The quantitative estimate of drug-likeness (QED) is 0.409. The van der Waals surface area contributed by atoms with Crippen molar-refractivity contribution in [3.05, 3.63) is 66.2 Å². The second-order valence-corrected chi connectivity index (χ2v) is 9.44. The molecule has 0 unspecified atom stereocenters. The van der Waals surface area contributed by atoms with Crippen LogP contribution in [0, 0.1) is 0 Å². The number of hydrogen-bond acceptors (Lipinski definition) is 7. The minimum Gasteiger partial charge on any atom is -0.464 e. The van der Waals surface area contributed by atoms with E-state index in [0.717, 1.165) is 16.5 Å². The maximum Gasteiger partial charge on any atom is 0.408 e. The van der Waals surface area contributed by atoms with Crippen LogP contribution in [0.5, 0.6) is 0 Å². The van der Waals surface area contributed by atoms with Gasteiger partial charge in [-0.3, -0.25) is 14.6 Å². The molecule has 3 rings (SSSR count). The second-order valence-electron chi connectivity index (χ2n) is 9.44. The lowest BCUT2D eigenvalue weighted by Gasteiger charge is -2.28. The predicted octanol–water partition coefficient (Wildman–Crippen LogP) is 4.59. The lowest BCUT2D eigenvalue weighted by atomic mass is 10.1. The number of nitrogens with one attached hydrogen (secondary N) is 1. The zero-order valence-electron chi connectivity index (χ0n) is 21.2. The maximum absolute atomic E-state index is 13.6. The van der Waals surface area contributed by atoms with Crippen LogP contribution >= 0.6 is 0 Å². The Morgan fingerprint density at radius 3 is 2.64 bits per heavy atom. The highest BCUT2D eigenvalue weighted by Crippen LogP contribution is 2.19. The number of furan rings is 1. The van der Waals surface area contributed by atoms with E-state index in [-0.39, 0.29) is 13.0 Å². The van der Waals surface area contributed by atoms with E-state index in [4.69, 9.17) is 13.9 Å². The van der Waals surface area contributed by atoms with Gasteiger partial charge in [-0.2, -0.15) is 0 Å². The summed E-state index contributed by atoms with van der Waals surface area (Å²) in [5, 5.41) is 3.50.